The van der Waals surface area contributed by atoms with Crippen LogP contribution in [-0.2, 0) is 10.0 Å². The molecule has 140 valence electrons. The van der Waals surface area contributed by atoms with Crippen molar-refractivity contribution in [1.82, 2.24) is 0 Å². The zero-order valence-electron chi connectivity index (χ0n) is 14.0. The lowest BCUT2D eigenvalue weighted by Crippen LogP contribution is -2.16. The first-order chi connectivity index (χ1) is 12.8. The monoisotopic (exact) mass is 408 g/mol. The first-order valence-corrected chi connectivity index (χ1v) is 9.57. The highest BCUT2D eigenvalue weighted by Crippen LogP contribution is 2.25. The molecule has 6 nitrogen and oxygen atoms in total. The lowest BCUT2D eigenvalue weighted by atomic mass is 10.2. The number of rotatable bonds is 5. The minimum atomic E-state index is -4.07. The van der Waals surface area contributed by atoms with Gasteiger partial charge in [0.25, 0.3) is 15.9 Å². The molecule has 0 aliphatic carbocycles. The van der Waals surface area contributed by atoms with Crippen LogP contribution in [0.2, 0.25) is 5.22 Å². The summed E-state index contributed by atoms with van der Waals surface area (Å²) >= 11 is 5.64. The van der Waals surface area contributed by atoms with Crippen LogP contribution in [0.25, 0.3) is 0 Å². The van der Waals surface area contributed by atoms with Crippen LogP contribution in [0.15, 0.2) is 63.9 Å². The Morgan fingerprint density at radius 1 is 1.11 bits per heavy atom. The fraction of sp³-hybridized carbons (Fsp3) is 0.0556. The molecule has 2 aromatic carbocycles. The molecule has 1 amide bonds. The number of furan rings is 1. The van der Waals surface area contributed by atoms with Gasteiger partial charge in [-0.2, -0.15) is 0 Å². The van der Waals surface area contributed by atoms with Gasteiger partial charge in [0, 0.05) is 5.69 Å². The minimum Gasteiger partial charge on any atom is -0.440 e. The lowest BCUT2D eigenvalue weighted by Gasteiger charge is -2.13. The van der Waals surface area contributed by atoms with Crippen molar-refractivity contribution in [2.75, 3.05) is 10.0 Å². The molecule has 0 saturated carbocycles. The predicted octanol–water partition coefficient (Wildman–Crippen LogP) is 4.43. The van der Waals surface area contributed by atoms with Gasteiger partial charge in [-0.3, -0.25) is 9.52 Å². The van der Waals surface area contributed by atoms with Gasteiger partial charge in [0.2, 0.25) is 0 Å². The average molecular weight is 409 g/mol. The van der Waals surface area contributed by atoms with Crippen molar-refractivity contribution in [2.24, 2.45) is 0 Å². The van der Waals surface area contributed by atoms with Gasteiger partial charge >= 0.3 is 0 Å². The van der Waals surface area contributed by atoms with Crippen molar-refractivity contribution in [2.45, 2.75) is 11.8 Å². The lowest BCUT2D eigenvalue weighted by molar-refractivity contribution is 0.0996. The number of halogens is 2. The van der Waals surface area contributed by atoms with Crippen LogP contribution in [0, 0.1) is 12.7 Å². The van der Waals surface area contributed by atoms with Gasteiger partial charge in [-0.15, -0.1) is 0 Å². The summed E-state index contributed by atoms with van der Waals surface area (Å²) in [7, 11) is -4.07. The Bertz CT molecular complexity index is 1110. The van der Waals surface area contributed by atoms with Crippen molar-refractivity contribution >= 4 is 38.9 Å². The molecule has 1 aromatic heterocycles. The number of amides is 1. The molecule has 9 heteroatoms. The van der Waals surface area contributed by atoms with Crippen LogP contribution in [0.1, 0.15) is 16.1 Å². The largest absolute Gasteiger partial charge is 0.440 e. The summed E-state index contributed by atoms with van der Waals surface area (Å²) in [5.41, 5.74) is 0.487. The van der Waals surface area contributed by atoms with Crippen LogP contribution >= 0.6 is 11.6 Å². The second-order valence-corrected chi connectivity index (χ2v) is 7.65. The first kappa shape index (κ1) is 18.9. The van der Waals surface area contributed by atoms with Crippen LogP contribution < -0.4 is 10.0 Å². The third kappa shape index (κ3) is 4.29. The van der Waals surface area contributed by atoms with E-state index in [1.807, 2.05) is 0 Å². The second kappa shape index (κ2) is 7.42. The van der Waals surface area contributed by atoms with E-state index in [1.165, 1.54) is 42.5 Å². The fourth-order valence-corrected chi connectivity index (χ4v) is 3.83. The fourth-order valence-electron chi connectivity index (χ4n) is 2.34. The maximum Gasteiger partial charge on any atom is 0.291 e. The third-order valence-corrected chi connectivity index (χ3v) is 5.36. The number of hydrogen-bond donors (Lipinski definition) is 2. The number of para-hydroxylation sites is 1. The molecule has 0 radical (unpaired) electrons. The number of carbonyl (C=O) groups excluding carboxylic acids is 1. The quantitative estimate of drug-likeness (QED) is 0.653. The van der Waals surface area contributed by atoms with Crippen molar-refractivity contribution in [3.63, 3.8) is 0 Å². The number of hydrogen-bond acceptors (Lipinski definition) is 4. The first-order valence-electron chi connectivity index (χ1n) is 7.71. The summed E-state index contributed by atoms with van der Waals surface area (Å²) in [5.74, 6) is -1.30. The van der Waals surface area contributed by atoms with Crippen molar-refractivity contribution in [3.05, 3.63) is 77.0 Å². The molecule has 2 N–H and O–H groups in total. The number of benzene rings is 2. The molecule has 0 atom stereocenters. The predicted molar refractivity (Wildman–Crippen MR) is 100 cm³/mol. The Morgan fingerprint density at radius 2 is 1.85 bits per heavy atom. The molecule has 0 aliphatic heterocycles. The maximum atomic E-state index is 13.8. The van der Waals surface area contributed by atoms with Crippen LogP contribution in [0.4, 0.5) is 15.8 Å². The highest BCUT2D eigenvalue weighted by molar-refractivity contribution is 7.92. The summed E-state index contributed by atoms with van der Waals surface area (Å²) in [5, 5.41) is 2.59. The molecular formula is C18H14ClFN2O4S. The molecule has 0 unspecified atom stereocenters. The minimum absolute atomic E-state index is 0.0190. The number of aryl methyl sites for hydroxylation is 1. The van der Waals surface area contributed by atoms with Gasteiger partial charge in [-0.05, 0) is 60.5 Å². The molecule has 3 rings (SSSR count). The van der Waals surface area contributed by atoms with E-state index in [2.05, 4.69) is 10.0 Å². The van der Waals surface area contributed by atoms with E-state index in [0.29, 0.717) is 5.56 Å². The Labute approximate surface area is 160 Å². The Kier molecular flexibility index (Phi) is 5.20. The second-order valence-electron chi connectivity index (χ2n) is 5.62. The maximum absolute atomic E-state index is 13.8. The number of carbonyl (C=O) groups is 1. The number of anilines is 2. The Morgan fingerprint density at radius 3 is 2.52 bits per heavy atom. The molecule has 1 heterocycles. The summed E-state index contributed by atoms with van der Waals surface area (Å²) in [6, 6.07) is 12.6. The van der Waals surface area contributed by atoms with E-state index in [1.54, 1.807) is 13.0 Å². The van der Waals surface area contributed by atoms with Crippen LogP contribution in [-0.4, -0.2) is 14.3 Å². The standard InChI is InChI=1S/C18H14ClFN2O4S/c1-11-6-7-12(21-18(23)15-8-9-17(19)26-15)10-16(11)27(24,25)22-14-5-3-2-4-13(14)20/h2-10,22H,1H3,(H,21,23). The van der Waals surface area contributed by atoms with Gasteiger partial charge in [-0.25, -0.2) is 12.8 Å². The summed E-state index contributed by atoms with van der Waals surface area (Å²) in [6.07, 6.45) is 0. The van der Waals surface area contributed by atoms with E-state index in [-0.39, 0.29) is 27.2 Å². The van der Waals surface area contributed by atoms with Crippen molar-refractivity contribution in [3.8, 4) is 0 Å². The van der Waals surface area contributed by atoms with E-state index in [9.17, 15) is 17.6 Å². The molecular weight excluding hydrogens is 395 g/mol. The van der Waals surface area contributed by atoms with Crippen molar-refractivity contribution < 1.29 is 22.0 Å². The van der Waals surface area contributed by atoms with Crippen molar-refractivity contribution in [1.29, 1.82) is 0 Å². The Hall–Kier alpha value is -2.84. The molecule has 0 fully saturated rings. The molecule has 27 heavy (non-hydrogen) atoms. The van der Waals surface area contributed by atoms with Gasteiger partial charge in [0.1, 0.15) is 5.82 Å². The molecule has 3 aromatic rings. The third-order valence-electron chi connectivity index (χ3n) is 3.65. The molecule has 0 aliphatic rings. The summed E-state index contributed by atoms with van der Waals surface area (Å²) < 4.78 is 46.3. The van der Waals surface area contributed by atoms with Crippen LogP contribution in [0.5, 0.6) is 0 Å². The van der Waals surface area contributed by atoms with Crippen LogP contribution in [0.3, 0.4) is 0 Å². The zero-order valence-corrected chi connectivity index (χ0v) is 15.6. The number of sulfonamides is 1. The molecule has 0 bridgehead atoms. The van der Waals surface area contributed by atoms with Gasteiger partial charge in [0.05, 0.1) is 10.6 Å². The summed E-state index contributed by atoms with van der Waals surface area (Å²) in [4.78, 5) is 12.0. The number of nitrogens with one attached hydrogen (secondary N) is 2. The summed E-state index contributed by atoms with van der Waals surface area (Å²) in [6.45, 7) is 1.59. The highest BCUT2D eigenvalue weighted by atomic mass is 35.5. The van der Waals surface area contributed by atoms with Gasteiger partial charge in [-0.1, -0.05) is 18.2 Å². The molecule has 0 saturated heterocycles. The normalized spacial score (nSPS) is 11.2. The Balaban J connectivity index is 1.88. The van der Waals surface area contributed by atoms with E-state index >= 15 is 0 Å². The zero-order chi connectivity index (χ0) is 19.6. The SMILES string of the molecule is Cc1ccc(NC(=O)c2ccc(Cl)o2)cc1S(=O)(=O)Nc1ccccc1F. The topological polar surface area (TPSA) is 88.4 Å². The smallest absolute Gasteiger partial charge is 0.291 e. The van der Waals surface area contributed by atoms with Gasteiger partial charge < -0.3 is 9.73 Å². The van der Waals surface area contributed by atoms with E-state index in [4.69, 9.17) is 16.0 Å². The highest BCUT2D eigenvalue weighted by Gasteiger charge is 2.20. The van der Waals surface area contributed by atoms with E-state index in [0.717, 1.165) is 6.07 Å². The average Bonchev–Trinajstić information content (AvgIpc) is 3.05. The molecule has 0 spiro atoms. The van der Waals surface area contributed by atoms with E-state index < -0.39 is 21.7 Å². The van der Waals surface area contributed by atoms with Gasteiger partial charge in [0.15, 0.2) is 11.0 Å².